The fourth-order valence-corrected chi connectivity index (χ4v) is 4.05. The highest BCUT2D eigenvalue weighted by Gasteiger charge is 2.29. The molecule has 160 valence electrons. The van der Waals surface area contributed by atoms with E-state index in [9.17, 15) is 18.0 Å². The zero-order chi connectivity index (χ0) is 21.6. The quantitative estimate of drug-likeness (QED) is 0.356. The smallest absolute Gasteiger partial charge is 0.242 e. The van der Waals surface area contributed by atoms with Crippen molar-refractivity contribution in [3.05, 3.63) is 36.0 Å². The second-order valence-electron chi connectivity index (χ2n) is 7.28. The number of carbonyl (C=O) groups excluding carboxylic acids is 2. The summed E-state index contributed by atoms with van der Waals surface area (Å²) in [6, 6.07) is 5.84. The molecule has 2 unspecified atom stereocenters. The van der Waals surface area contributed by atoms with Crippen molar-refractivity contribution in [2.24, 2.45) is 5.92 Å². The highest BCUT2D eigenvalue weighted by atomic mass is 32.3. The summed E-state index contributed by atoms with van der Waals surface area (Å²) in [5.41, 5.74) is 1.81. The Balaban J connectivity index is 2.22. The first-order valence-electron chi connectivity index (χ1n) is 9.34. The first-order chi connectivity index (χ1) is 13.7. The van der Waals surface area contributed by atoms with Gasteiger partial charge in [-0.05, 0) is 24.0 Å². The van der Waals surface area contributed by atoms with Crippen molar-refractivity contribution in [1.29, 1.82) is 0 Å². The number of hydrogen-bond donors (Lipinski definition) is 5. The van der Waals surface area contributed by atoms with Crippen LogP contribution in [0.15, 0.2) is 30.5 Å². The number of aromatic nitrogens is 1. The van der Waals surface area contributed by atoms with Crippen LogP contribution in [-0.4, -0.2) is 49.4 Å². The van der Waals surface area contributed by atoms with Gasteiger partial charge in [-0.2, -0.15) is 12.6 Å². The summed E-state index contributed by atoms with van der Waals surface area (Å²) in [4.78, 5) is 28.4. The molecule has 0 spiro atoms. The maximum Gasteiger partial charge on any atom is 0.242 e. The Bertz CT molecular complexity index is 956. The molecule has 2 aromatic rings. The number of para-hydroxylation sites is 1. The molecule has 1 aromatic carbocycles. The molecule has 1 heterocycles. The standard InChI is InChI=1S/C19H28N4O4S2/c1-12(2)8-17(23-29(26,27)11-28)19(25)22-16(18(24)20-3)9-13-10-21-15-7-5-4-6-14(13)15/h4-7,10,12,16-17,21,23,28H,8-9,11H2,1-3H3,(H,20,24)(H,22,25). The number of aromatic amines is 1. The number of nitrogens with one attached hydrogen (secondary N) is 4. The summed E-state index contributed by atoms with van der Waals surface area (Å²) < 4.78 is 26.2. The Labute approximate surface area is 176 Å². The van der Waals surface area contributed by atoms with Crippen LogP contribution in [0.5, 0.6) is 0 Å². The van der Waals surface area contributed by atoms with E-state index in [0.29, 0.717) is 6.42 Å². The predicted molar refractivity (Wildman–Crippen MR) is 117 cm³/mol. The number of likely N-dealkylation sites (N-methyl/N-ethyl adjacent to an activating group) is 1. The van der Waals surface area contributed by atoms with Crippen LogP contribution in [0.1, 0.15) is 25.8 Å². The molecule has 2 amide bonds. The summed E-state index contributed by atoms with van der Waals surface area (Å²) in [6.45, 7) is 3.77. The van der Waals surface area contributed by atoms with Crippen molar-refractivity contribution in [3.8, 4) is 0 Å². The predicted octanol–water partition coefficient (Wildman–Crippen LogP) is 1.16. The number of benzene rings is 1. The van der Waals surface area contributed by atoms with Gasteiger partial charge in [-0.1, -0.05) is 32.0 Å². The van der Waals surface area contributed by atoms with Crippen LogP contribution in [-0.2, 0) is 26.0 Å². The summed E-state index contributed by atoms with van der Waals surface area (Å²) >= 11 is 3.80. The van der Waals surface area contributed by atoms with Gasteiger partial charge in [-0.15, -0.1) is 0 Å². The van der Waals surface area contributed by atoms with Gasteiger partial charge in [0.1, 0.15) is 17.2 Å². The number of carbonyl (C=O) groups is 2. The van der Waals surface area contributed by atoms with Crippen LogP contribution in [0.2, 0.25) is 0 Å². The first kappa shape index (κ1) is 23.2. The molecule has 29 heavy (non-hydrogen) atoms. The van der Waals surface area contributed by atoms with E-state index in [4.69, 9.17) is 0 Å². The molecule has 0 aliphatic heterocycles. The van der Waals surface area contributed by atoms with E-state index in [0.717, 1.165) is 16.5 Å². The van der Waals surface area contributed by atoms with E-state index in [2.05, 4.69) is 33.0 Å². The number of amides is 2. The molecule has 8 nitrogen and oxygen atoms in total. The molecule has 2 rings (SSSR count). The lowest BCUT2D eigenvalue weighted by molar-refractivity contribution is -0.129. The highest BCUT2D eigenvalue weighted by molar-refractivity contribution is 8.02. The minimum atomic E-state index is -3.70. The fourth-order valence-electron chi connectivity index (χ4n) is 3.11. The van der Waals surface area contributed by atoms with Crippen molar-refractivity contribution >= 4 is 45.4 Å². The lowest BCUT2D eigenvalue weighted by Crippen LogP contribution is -2.54. The number of rotatable bonds is 10. The lowest BCUT2D eigenvalue weighted by Gasteiger charge is -2.23. The zero-order valence-electron chi connectivity index (χ0n) is 16.7. The van der Waals surface area contributed by atoms with Gasteiger partial charge in [0.15, 0.2) is 0 Å². The molecule has 0 fully saturated rings. The number of fused-ring (bicyclic) bond motifs is 1. The molecule has 10 heteroatoms. The van der Waals surface area contributed by atoms with E-state index >= 15 is 0 Å². The van der Waals surface area contributed by atoms with Gasteiger partial charge >= 0.3 is 0 Å². The second kappa shape index (κ2) is 10.1. The van der Waals surface area contributed by atoms with E-state index < -0.39 is 33.1 Å². The van der Waals surface area contributed by atoms with E-state index in [1.807, 2.05) is 44.3 Å². The molecule has 0 saturated carbocycles. The lowest BCUT2D eigenvalue weighted by atomic mass is 10.0. The molecule has 0 aliphatic rings. The molecule has 1 aromatic heterocycles. The van der Waals surface area contributed by atoms with Gasteiger partial charge in [-0.3, -0.25) is 9.59 Å². The van der Waals surface area contributed by atoms with Gasteiger partial charge in [0.05, 0.1) is 0 Å². The monoisotopic (exact) mass is 440 g/mol. The van der Waals surface area contributed by atoms with Crippen LogP contribution < -0.4 is 15.4 Å². The molecule has 0 bridgehead atoms. The number of thiol groups is 1. The Morgan fingerprint density at radius 1 is 1.14 bits per heavy atom. The number of sulfonamides is 1. The van der Waals surface area contributed by atoms with Crippen molar-refractivity contribution in [2.75, 3.05) is 12.1 Å². The number of H-pyrrole nitrogens is 1. The van der Waals surface area contributed by atoms with E-state index in [-0.39, 0.29) is 18.2 Å². The molecule has 0 aliphatic carbocycles. The van der Waals surface area contributed by atoms with Gasteiger partial charge in [0, 0.05) is 30.6 Å². The molecule has 4 N–H and O–H groups in total. The zero-order valence-corrected chi connectivity index (χ0v) is 18.4. The Morgan fingerprint density at radius 3 is 2.45 bits per heavy atom. The van der Waals surface area contributed by atoms with Crippen LogP contribution >= 0.6 is 12.6 Å². The third-order valence-corrected chi connectivity index (χ3v) is 6.50. The minimum Gasteiger partial charge on any atom is -0.361 e. The summed E-state index contributed by atoms with van der Waals surface area (Å²) in [7, 11) is -2.21. The molecule has 0 radical (unpaired) electrons. The fraction of sp³-hybridized carbons (Fsp3) is 0.474. The maximum atomic E-state index is 12.8. The first-order valence-corrected chi connectivity index (χ1v) is 11.6. The van der Waals surface area contributed by atoms with Gasteiger partial charge in [0.2, 0.25) is 21.8 Å². The third-order valence-electron chi connectivity index (χ3n) is 4.49. The van der Waals surface area contributed by atoms with E-state index in [1.165, 1.54) is 7.05 Å². The topological polar surface area (TPSA) is 120 Å². The van der Waals surface area contributed by atoms with Crippen molar-refractivity contribution < 1.29 is 18.0 Å². The van der Waals surface area contributed by atoms with Crippen molar-refractivity contribution in [3.63, 3.8) is 0 Å². The highest BCUT2D eigenvalue weighted by Crippen LogP contribution is 2.19. The second-order valence-corrected chi connectivity index (χ2v) is 9.78. The van der Waals surface area contributed by atoms with E-state index in [1.54, 1.807) is 0 Å². The minimum absolute atomic E-state index is 0.0698. The SMILES string of the molecule is CNC(=O)C(Cc1c[nH]c2ccccc12)NC(=O)C(CC(C)C)NS(=O)(=O)CS. The Hall–Kier alpha value is -2.04. The Morgan fingerprint density at radius 2 is 1.83 bits per heavy atom. The molecular weight excluding hydrogens is 412 g/mol. The van der Waals surface area contributed by atoms with Crippen LogP contribution in [0.25, 0.3) is 10.9 Å². The largest absolute Gasteiger partial charge is 0.361 e. The third kappa shape index (κ3) is 6.48. The van der Waals surface area contributed by atoms with Crippen LogP contribution in [0.4, 0.5) is 0 Å². The normalized spacial score (nSPS) is 14.0. The van der Waals surface area contributed by atoms with Crippen LogP contribution in [0, 0.1) is 5.92 Å². The van der Waals surface area contributed by atoms with Crippen LogP contribution in [0.3, 0.4) is 0 Å². The molecule has 0 saturated heterocycles. The molecular formula is C19H28N4O4S2. The maximum absolute atomic E-state index is 12.8. The summed E-state index contributed by atoms with van der Waals surface area (Å²) in [5.74, 6) is -0.832. The van der Waals surface area contributed by atoms with Gasteiger partial charge < -0.3 is 15.6 Å². The average Bonchev–Trinajstić information content (AvgIpc) is 3.08. The number of hydrogen-bond acceptors (Lipinski definition) is 5. The van der Waals surface area contributed by atoms with Gasteiger partial charge in [0.25, 0.3) is 0 Å². The molecule has 2 atom stereocenters. The van der Waals surface area contributed by atoms with Gasteiger partial charge in [-0.25, -0.2) is 13.1 Å². The summed E-state index contributed by atoms with van der Waals surface area (Å²) in [6.07, 6.45) is 2.37. The average molecular weight is 441 g/mol. The Kier molecular flexibility index (Phi) is 8.12. The van der Waals surface area contributed by atoms with Crippen molar-refractivity contribution in [1.82, 2.24) is 20.3 Å². The van der Waals surface area contributed by atoms with Crippen molar-refractivity contribution in [2.45, 2.75) is 38.8 Å². The summed E-state index contributed by atoms with van der Waals surface area (Å²) in [5, 5.41) is 5.80.